The molecule has 0 aromatic heterocycles. The van der Waals surface area contributed by atoms with E-state index < -0.39 is 12.9 Å². The van der Waals surface area contributed by atoms with Crippen LogP contribution in [-0.4, -0.2) is 21.9 Å². The van der Waals surface area contributed by atoms with E-state index >= 15 is 0 Å². The fraction of sp³-hybridized carbons (Fsp3) is 1.00. The molecule has 0 radical (unpaired) electrons. The van der Waals surface area contributed by atoms with Gasteiger partial charge in [0.05, 0.1) is 6.61 Å². The summed E-state index contributed by atoms with van der Waals surface area (Å²) in [6.45, 7) is 4.19. The lowest BCUT2D eigenvalue weighted by Crippen LogP contribution is -2.20. The first-order valence-electron chi connectivity index (χ1n) is 3.01. The Bertz CT molecular complexity index is 148. The van der Waals surface area contributed by atoms with E-state index in [9.17, 15) is 4.57 Å². The van der Waals surface area contributed by atoms with Gasteiger partial charge in [-0.05, 0) is 20.8 Å². The molecule has 0 spiro atoms. The van der Waals surface area contributed by atoms with Crippen molar-refractivity contribution in [3.05, 3.63) is 0 Å². The van der Waals surface area contributed by atoms with Gasteiger partial charge in [-0.25, -0.2) is 0 Å². The topological polar surface area (TPSA) is 66.8 Å². The predicted octanol–water partition coefficient (Wildman–Crippen LogP) is 0.937. The summed E-state index contributed by atoms with van der Waals surface area (Å²) in [6, 6.07) is 0. The van der Waals surface area contributed by atoms with Gasteiger partial charge in [0.15, 0.2) is 5.34 Å². The van der Waals surface area contributed by atoms with Gasteiger partial charge in [-0.3, -0.25) is 4.57 Å². The Morgan fingerprint density at radius 2 is 2.00 bits per heavy atom. The molecule has 4 nitrogen and oxygen atoms in total. The minimum atomic E-state index is -3.82. The zero-order valence-corrected chi connectivity index (χ0v) is 7.26. The molecule has 0 saturated heterocycles. The number of rotatable bonds is 3. The SMILES string of the molecule is CCOP(=O)(O)C(C)(C)O. The van der Waals surface area contributed by atoms with Gasteiger partial charge in [-0.2, -0.15) is 0 Å². The van der Waals surface area contributed by atoms with Crippen LogP contribution in [0.25, 0.3) is 0 Å². The Hall–Kier alpha value is 0.110. The van der Waals surface area contributed by atoms with Crippen molar-refractivity contribution in [3.8, 4) is 0 Å². The summed E-state index contributed by atoms with van der Waals surface area (Å²) >= 11 is 0. The van der Waals surface area contributed by atoms with Crippen LogP contribution >= 0.6 is 7.60 Å². The van der Waals surface area contributed by atoms with Crippen LogP contribution in [0.2, 0.25) is 0 Å². The average molecular weight is 168 g/mol. The third-order valence-corrected chi connectivity index (χ3v) is 2.99. The summed E-state index contributed by atoms with van der Waals surface area (Å²) in [6.07, 6.45) is 0. The van der Waals surface area contributed by atoms with Crippen LogP contribution in [0.15, 0.2) is 0 Å². The zero-order chi connectivity index (χ0) is 8.41. The Morgan fingerprint density at radius 1 is 1.60 bits per heavy atom. The average Bonchev–Trinajstić information content (AvgIpc) is 1.61. The highest BCUT2D eigenvalue weighted by atomic mass is 31.2. The predicted molar refractivity (Wildman–Crippen MR) is 37.7 cm³/mol. The molecule has 0 aliphatic rings. The van der Waals surface area contributed by atoms with Crippen LogP contribution in [0.3, 0.4) is 0 Å². The lowest BCUT2D eigenvalue weighted by Gasteiger charge is -2.22. The fourth-order valence-corrected chi connectivity index (χ4v) is 0.999. The van der Waals surface area contributed by atoms with Gasteiger partial charge in [-0.15, -0.1) is 0 Å². The second-order valence-corrected chi connectivity index (χ2v) is 4.83. The van der Waals surface area contributed by atoms with Crippen molar-refractivity contribution in [3.63, 3.8) is 0 Å². The summed E-state index contributed by atoms with van der Waals surface area (Å²) in [5.41, 5.74) is 0. The quantitative estimate of drug-likeness (QED) is 0.615. The van der Waals surface area contributed by atoms with Gasteiger partial charge >= 0.3 is 7.60 Å². The van der Waals surface area contributed by atoms with Gasteiger partial charge < -0.3 is 14.5 Å². The molecule has 0 rings (SSSR count). The maximum Gasteiger partial charge on any atom is 0.358 e. The molecule has 0 aromatic rings. The maximum absolute atomic E-state index is 10.9. The van der Waals surface area contributed by atoms with Crippen molar-refractivity contribution < 1.29 is 19.1 Å². The number of hydrogen-bond acceptors (Lipinski definition) is 3. The van der Waals surface area contributed by atoms with E-state index in [1.54, 1.807) is 6.92 Å². The monoisotopic (exact) mass is 168 g/mol. The summed E-state index contributed by atoms with van der Waals surface area (Å²) < 4.78 is 15.4. The molecule has 62 valence electrons. The van der Waals surface area contributed by atoms with Crippen LogP contribution in [0, 0.1) is 0 Å². The smallest absolute Gasteiger partial charge is 0.358 e. The second-order valence-electron chi connectivity index (χ2n) is 2.43. The summed E-state index contributed by atoms with van der Waals surface area (Å²) in [5, 5.41) is 7.37. The first-order valence-corrected chi connectivity index (χ1v) is 4.59. The van der Waals surface area contributed by atoms with E-state index in [2.05, 4.69) is 4.52 Å². The summed E-state index contributed by atoms with van der Waals surface area (Å²) in [4.78, 5) is 8.93. The van der Waals surface area contributed by atoms with E-state index in [1.165, 1.54) is 13.8 Å². The first kappa shape index (κ1) is 10.1. The standard InChI is InChI=1S/C5H13O4P/c1-4-9-10(7,8)5(2,3)6/h6H,4H2,1-3H3,(H,7,8). The van der Waals surface area contributed by atoms with E-state index in [0.29, 0.717) is 0 Å². The van der Waals surface area contributed by atoms with Gasteiger partial charge in [0.2, 0.25) is 0 Å². The van der Waals surface area contributed by atoms with E-state index in [4.69, 9.17) is 10.00 Å². The molecule has 2 N–H and O–H groups in total. The third-order valence-electron chi connectivity index (χ3n) is 0.996. The Kier molecular flexibility index (Phi) is 3.04. The highest BCUT2D eigenvalue weighted by Gasteiger charge is 2.38. The largest absolute Gasteiger partial charge is 0.378 e. The molecule has 0 bridgehead atoms. The van der Waals surface area contributed by atoms with Crippen molar-refractivity contribution in [1.29, 1.82) is 0 Å². The molecule has 10 heavy (non-hydrogen) atoms. The fourth-order valence-electron chi connectivity index (χ4n) is 0.333. The Balaban J connectivity index is 4.26. The van der Waals surface area contributed by atoms with Crippen molar-refractivity contribution in [2.24, 2.45) is 0 Å². The van der Waals surface area contributed by atoms with E-state index in [1.807, 2.05) is 0 Å². The van der Waals surface area contributed by atoms with Crippen molar-refractivity contribution in [1.82, 2.24) is 0 Å². The van der Waals surface area contributed by atoms with E-state index in [0.717, 1.165) is 0 Å². The molecule has 0 fully saturated rings. The Morgan fingerprint density at radius 3 is 2.10 bits per heavy atom. The molecular formula is C5H13O4P. The van der Waals surface area contributed by atoms with Gasteiger partial charge in [0.25, 0.3) is 0 Å². The number of hydrogen-bond donors (Lipinski definition) is 2. The molecule has 5 heteroatoms. The molecule has 0 aromatic carbocycles. The minimum Gasteiger partial charge on any atom is -0.378 e. The second kappa shape index (κ2) is 3.01. The third kappa shape index (κ3) is 2.39. The molecule has 1 unspecified atom stereocenters. The normalized spacial score (nSPS) is 18.5. The molecule has 0 aliphatic carbocycles. The molecule has 1 atom stereocenters. The minimum absolute atomic E-state index is 0.123. The van der Waals surface area contributed by atoms with Crippen LogP contribution in [-0.2, 0) is 9.09 Å². The van der Waals surface area contributed by atoms with Gasteiger partial charge in [0, 0.05) is 0 Å². The molecule has 0 saturated carbocycles. The molecular weight excluding hydrogens is 155 g/mol. The van der Waals surface area contributed by atoms with E-state index in [-0.39, 0.29) is 6.61 Å². The van der Waals surface area contributed by atoms with Crippen LogP contribution < -0.4 is 0 Å². The molecule has 0 amide bonds. The highest BCUT2D eigenvalue weighted by molar-refractivity contribution is 7.54. The lowest BCUT2D eigenvalue weighted by molar-refractivity contribution is 0.112. The van der Waals surface area contributed by atoms with Crippen LogP contribution in [0.1, 0.15) is 20.8 Å². The lowest BCUT2D eigenvalue weighted by atomic mass is 10.5. The van der Waals surface area contributed by atoms with Crippen molar-refractivity contribution in [2.45, 2.75) is 26.1 Å². The first-order chi connectivity index (χ1) is 4.31. The zero-order valence-electron chi connectivity index (χ0n) is 6.37. The molecule has 0 heterocycles. The number of aliphatic hydroxyl groups is 1. The molecule has 0 aliphatic heterocycles. The maximum atomic E-state index is 10.9. The van der Waals surface area contributed by atoms with Gasteiger partial charge in [-0.1, -0.05) is 0 Å². The Labute approximate surface area is 60.4 Å². The van der Waals surface area contributed by atoms with Crippen LogP contribution in [0.4, 0.5) is 0 Å². The highest BCUT2D eigenvalue weighted by Crippen LogP contribution is 2.53. The van der Waals surface area contributed by atoms with Gasteiger partial charge in [0.1, 0.15) is 0 Å². The van der Waals surface area contributed by atoms with Crippen molar-refractivity contribution >= 4 is 7.60 Å². The van der Waals surface area contributed by atoms with Crippen LogP contribution in [0.5, 0.6) is 0 Å². The van der Waals surface area contributed by atoms with Crippen molar-refractivity contribution in [2.75, 3.05) is 6.61 Å². The summed E-state index contributed by atoms with van der Waals surface area (Å²) in [5.74, 6) is 0. The summed E-state index contributed by atoms with van der Waals surface area (Å²) in [7, 11) is -3.82.